The smallest absolute Gasteiger partial charge is 0.308 e. The van der Waals surface area contributed by atoms with Crippen LogP contribution in [0.3, 0.4) is 0 Å². The Labute approximate surface area is 132 Å². The van der Waals surface area contributed by atoms with Gasteiger partial charge in [0, 0.05) is 31.0 Å². The van der Waals surface area contributed by atoms with Crippen LogP contribution < -0.4 is 15.0 Å². The molecule has 0 atom stereocenters. The molecule has 6 heteroatoms. The molecule has 0 fully saturated rings. The second-order valence-electron chi connectivity index (χ2n) is 5.65. The molecule has 120 valence electrons. The zero-order valence-corrected chi connectivity index (χ0v) is 13.0. The van der Waals surface area contributed by atoms with E-state index in [1.807, 2.05) is 0 Å². The lowest BCUT2D eigenvalue weighted by molar-refractivity contribution is -0.132. The Morgan fingerprint density at radius 3 is 2.43 bits per heavy atom. The molecule has 0 amide bonds. The molecular weight excluding hydrogens is 298 g/mol. The zero-order chi connectivity index (χ0) is 16.6. The number of aromatic nitrogens is 1. The van der Waals surface area contributed by atoms with E-state index >= 15 is 0 Å². The van der Waals surface area contributed by atoms with Gasteiger partial charge >= 0.3 is 11.9 Å². The molecule has 1 aliphatic rings. The van der Waals surface area contributed by atoms with Crippen LogP contribution in [-0.2, 0) is 22.4 Å². The van der Waals surface area contributed by atoms with Gasteiger partial charge in [-0.15, -0.1) is 0 Å². The van der Waals surface area contributed by atoms with Crippen LogP contribution in [0.4, 0.5) is 0 Å². The second kappa shape index (κ2) is 5.87. The minimum atomic E-state index is -0.507. The van der Waals surface area contributed by atoms with Gasteiger partial charge < -0.3 is 14.5 Å². The van der Waals surface area contributed by atoms with Crippen LogP contribution in [0.5, 0.6) is 11.5 Å². The summed E-state index contributed by atoms with van der Waals surface area (Å²) in [5.41, 5.74) is 1.61. The molecule has 1 heterocycles. The van der Waals surface area contributed by atoms with E-state index in [2.05, 4.69) is 4.98 Å². The lowest BCUT2D eigenvalue weighted by Crippen LogP contribution is -2.17. The van der Waals surface area contributed by atoms with Crippen molar-refractivity contribution in [2.75, 3.05) is 0 Å². The number of rotatable bonds is 2. The highest BCUT2D eigenvalue weighted by Gasteiger charge is 2.20. The largest absolute Gasteiger partial charge is 0.427 e. The minimum absolute atomic E-state index is 0.183. The number of H-pyrrole nitrogens is 1. The average Bonchev–Trinajstić information content (AvgIpc) is 2.46. The highest BCUT2D eigenvalue weighted by Crippen LogP contribution is 2.35. The standard InChI is InChI=1S/C17H17NO5/c1-9(19)22-11-7-13-16(15(8-11)23-10(2)20)12-5-3-4-6-14(12)18-17(13)21/h7-8H,3-6H2,1-2H3,(H,18,21). The van der Waals surface area contributed by atoms with E-state index in [0.717, 1.165) is 36.9 Å². The number of aryl methyl sites for hydroxylation is 2. The van der Waals surface area contributed by atoms with E-state index in [9.17, 15) is 14.4 Å². The molecule has 6 nitrogen and oxygen atoms in total. The maximum absolute atomic E-state index is 12.4. The van der Waals surface area contributed by atoms with Gasteiger partial charge in [0.05, 0.1) is 5.39 Å². The first-order valence-corrected chi connectivity index (χ1v) is 7.54. The summed E-state index contributed by atoms with van der Waals surface area (Å²) >= 11 is 0. The number of nitrogens with one attached hydrogen (secondary N) is 1. The van der Waals surface area contributed by atoms with E-state index in [4.69, 9.17) is 9.47 Å². The van der Waals surface area contributed by atoms with Gasteiger partial charge in [-0.3, -0.25) is 14.4 Å². The van der Waals surface area contributed by atoms with Gasteiger partial charge in [-0.2, -0.15) is 0 Å². The number of hydrogen-bond acceptors (Lipinski definition) is 5. The van der Waals surface area contributed by atoms with Crippen LogP contribution in [0, 0.1) is 0 Å². The van der Waals surface area contributed by atoms with Crippen molar-refractivity contribution in [1.82, 2.24) is 4.98 Å². The fourth-order valence-electron chi connectivity index (χ4n) is 3.06. The summed E-state index contributed by atoms with van der Waals surface area (Å²) in [4.78, 5) is 37.9. The summed E-state index contributed by atoms with van der Waals surface area (Å²) in [7, 11) is 0. The molecule has 0 bridgehead atoms. The third-order valence-corrected chi connectivity index (χ3v) is 3.87. The van der Waals surface area contributed by atoms with Crippen LogP contribution in [0.2, 0.25) is 0 Å². The van der Waals surface area contributed by atoms with E-state index in [-0.39, 0.29) is 17.1 Å². The van der Waals surface area contributed by atoms with Gasteiger partial charge in [-0.25, -0.2) is 0 Å². The number of pyridine rings is 1. The number of carbonyl (C=O) groups is 2. The third kappa shape index (κ3) is 2.97. The molecule has 0 aliphatic heterocycles. The number of fused-ring (bicyclic) bond motifs is 3. The van der Waals surface area contributed by atoms with Gasteiger partial charge in [0.15, 0.2) is 0 Å². The molecular formula is C17H17NO5. The van der Waals surface area contributed by atoms with Crippen molar-refractivity contribution in [3.8, 4) is 11.5 Å². The quantitative estimate of drug-likeness (QED) is 0.678. The molecule has 3 rings (SSSR count). The topological polar surface area (TPSA) is 85.5 Å². The molecule has 1 aromatic heterocycles. The van der Waals surface area contributed by atoms with Gasteiger partial charge in [0.2, 0.25) is 0 Å². The van der Waals surface area contributed by atoms with Crippen molar-refractivity contribution < 1.29 is 19.1 Å². The van der Waals surface area contributed by atoms with E-state index in [0.29, 0.717) is 10.8 Å². The van der Waals surface area contributed by atoms with E-state index < -0.39 is 11.9 Å². The Morgan fingerprint density at radius 1 is 1.04 bits per heavy atom. The first-order valence-electron chi connectivity index (χ1n) is 7.54. The summed E-state index contributed by atoms with van der Waals surface area (Å²) in [6.45, 7) is 2.57. The number of hydrogen-bond donors (Lipinski definition) is 1. The van der Waals surface area contributed by atoms with Gasteiger partial charge in [0.25, 0.3) is 5.56 Å². The van der Waals surface area contributed by atoms with Crippen molar-refractivity contribution in [3.63, 3.8) is 0 Å². The van der Waals surface area contributed by atoms with Gasteiger partial charge in [0.1, 0.15) is 11.5 Å². The molecule has 0 saturated carbocycles. The predicted molar refractivity (Wildman–Crippen MR) is 83.8 cm³/mol. The Balaban J connectivity index is 2.32. The SMILES string of the molecule is CC(=O)Oc1cc(OC(C)=O)c2c3c([nH]c(=O)c2c1)CCCC3. The summed E-state index contributed by atoms with van der Waals surface area (Å²) in [6.07, 6.45) is 3.64. The summed E-state index contributed by atoms with van der Waals surface area (Å²) in [5, 5.41) is 0.996. The number of ether oxygens (including phenoxy) is 2. The first kappa shape index (κ1) is 15.3. The van der Waals surface area contributed by atoms with Crippen molar-refractivity contribution in [2.24, 2.45) is 0 Å². The van der Waals surface area contributed by atoms with Crippen molar-refractivity contribution >= 4 is 22.7 Å². The van der Waals surface area contributed by atoms with E-state index in [1.165, 1.54) is 26.0 Å². The molecule has 0 unspecified atom stereocenters. The van der Waals surface area contributed by atoms with Crippen molar-refractivity contribution in [1.29, 1.82) is 0 Å². The Kier molecular flexibility index (Phi) is 3.90. The lowest BCUT2D eigenvalue weighted by Gasteiger charge is -2.19. The van der Waals surface area contributed by atoms with Crippen molar-refractivity contribution in [3.05, 3.63) is 33.7 Å². The maximum Gasteiger partial charge on any atom is 0.308 e. The normalized spacial score (nSPS) is 13.5. The highest BCUT2D eigenvalue weighted by molar-refractivity contribution is 5.94. The number of aromatic amines is 1. The van der Waals surface area contributed by atoms with Crippen LogP contribution in [0.25, 0.3) is 10.8 Å². The fourth-order valence-corrected chi connectivity index (χ4v) is 3.06. The number of carbonyl (C=O) groups excluding carboxylic acids is 2. The molecule has 1 N–H and O–H groups in total. The Hall–Kier alpha value is -2.63. The summed E-state index contributed by atoms with van der Waals surface area (Å²) < 4.78 is 10.3. The molecule has 1 aromatic carbocycles. The molecule has 23 heavy (non-hydrogen) atoms. The molecule has 0 radical (unpaired) electrons. The van der Waals surface area contributed by atoms with Crippen LogP contribution >= 0.6 is 0 Å². The predicted octanol–water partition coefficient (Wildman–Crippen LogP) is 2.26. The molecule has 2 aromatic rings. The molecule has 1 aliphatic carbocycles. The maximum atomic E-state index is 12.4. The van der Waals surface area contributed by atoms with Crippen molar-refractivity contribution in [2.45, 2.75) is 39.5 Å². The van der Waals surface area contributed by atoms with E-state index in [1.54, 1.807) is 0 Å². The fraction of sp³-hybridized carbons (Fsp3) is 0.353. The minimum Gasteiger partial charge on any atom is -0.427 e. The summed E-state index contributed by atoms with van der Waals surface area (Å²) in [6, 6.07) is 3.00. The highest BCUT2D eigenvalue weighted by atomic mass is 16.5. The summed E-state index contributed by atoms with van der Waals surface area (Å²) in [5.74, 6) is -0.554. The Bertz CT molecular complexity index is 865. The van der Waals surface area contributed by atoms with Crippen LogP contribution in [0.1, 0.15) is 37.9 Å². The molecule has 0 spiro atoms. The van der Waals surface area contributed by atoms with Gasteiger partial charge in [-0.05, 0) is 37.3 Å². The zero-order valence-electron chi connectivity index (χ0n) is 13.0. The second-order valence-corrected chi connectivity index (χ2v) is 5.65. The van der Waals surface area contributed by atoms with Gasteiger partial charge in [-0.1, -0.05) is 0 Å². The molecule has 0 saturated heterocycles. The third-order valence-electron chi connectivity index (χ3n) is 3.87. The lowest BCUT2D eigenvalue weighted by atomic mass is 9.91. The number of benzene rings is 1. The van der Waals surface area contributed by atoms with Crippen LogP contribution in [-0.4, -0.2) is 16.9 Å². The van der Waals surface area contributed by atoms with Crippen LogP contribution in [0.15, 0.2) is 16.9 Å². The Morgan fingerprint density at radius 2 is 1.74 bits per heavy atom. The average molecular weight is 315 g/mol. The monoisotopic (exact) mass is 315 g/mol. The first-order chi connectivity index (χ1) is 11.0. The number of esters is 2.